The smallest absolute Gasteiger partial charge is 0.225 e. The third-order valence-corrected chi connectivity index (χ3v) is 4.53. The van der Waals surface area contributed by atoms with Gasteiger partial charge in [0.2, 0.25) is 5.95 Å². The molecule has 1 aliphatic heterocycles. The Morgan fingerprint density at radius 1 is 0.955 bits per heavy atom. The van der Waals surface area contributed by atoms with E-state index in [0.717, 1.165) is 30.2 Å². The van der Waals surface area contributed by atoms with Gasteiger partial charge in [-0.05, 0) is 38.7 Å². The fraction of sp³-hybridized carbons (Fsp3) is 0.444. The average Bonchev–Trinajstić information content (AvgIpc) is 2.56. The molecule has 3 rings (SSSR count). The maximum atomic E-state index is 6.54. The van der Waals surface area contributed by atoms with E-state index in [1.54, 1.807) is 0 Å². The van der Waals surface area contributed by atoms with Crippen LogP contribution in [0.4, 0.5) is 5.95 Å². The standard InChI is InChI=1S/C18H24N4/c1-14-6-8-15(9-7-14)18(2,19)16-12-20-17(21-13-16)22-10-4-3-5-11-22/h6-9,12-13H,3-5,10-11,19H2,1-2H3/t18-/m0/s1. The van der Waals surface area contributed by atoms with Gasteiger partial charge in [0.25, 0.3) is 0 Å². The molecule has 116 valence electrons. The SMILES string of the molecule is Cc1ccc([C@](C)(N)c2cnc(N3CCCCC3)nc2)cc1. The molecule has 0 amide bonds. The molecule has 4 nitrogen and oxygen atoms in total. The van der Waals surface area contributed by atoms with Crippen LogP contribution < -0.4 is 10.6 Å². The number of rotatable bonds is 3. The van der Waals surface area contributed by atoms with Crippen LogP contribution in [-0.4, -0.2) is 23.1 Å². The molecule has 2 heterocycles. The van der Waals surface area contributed by atoms with Crippen molar-refractivity contribution in [2.45, 2.75) is 38.6 Å². The summed E-state index contributed by atoms with van der Waals surface area (Å²) in [7, 11) is 0. The molecule has 4 heteroatoms. The second-order valence-electron chi connectivity index (χ2n) is 6.39. The highest BCUT2D eigenvalue weighted by molar-refractivity contribution is 5.38. The molecule has 2 aromatic rings. The van der Waals surface area contributed by atoms with E-state index in [-0.39, 0.29) is 0 Å². The minimum atomic E-state index is -0.575. The van der Waals surface area contributed by atoms with Crippen LogP contribution in [0, 0.1) is 6.92 Å². The molecule has 2 N–H and O–H groups in total. The van der Waals surface area contributed by atoms with Gasteiger partial charge in [0, 0.05) is 31.0 Å². The van der Waals surface area contributed by atoms with Gasteiger partial charge in [-0.3, -0.25) is 0 Å². The van der Waals surface area contributed by atoms with E-state index in [1.165, 1.54) is 24.8 Å². The van der Waals surface area contributed by atoms with Crippen molar-refractivity contribution in [3.05, 3.63) is 53.3 Å². The van der Waals surface area contributed by atoms with Crippen molar-refractivity contribution in [2.24, 2.45) is 5.73 Å². The molecule has 0 bridgehead atoms. The molecule has 1 fully saturated rings. The number of hydrogen-bond donors (Lipinski definition) is 1. The highest BCUT2D eigenvalue weighted by Gasteiger charge is 2.25. The van der Waals surface area contributed by atoms with E-state index in [0.29, 0.717) is 0 Å². The summed E-state index contributed by atoms with van der Waals surface area (Å²) in [6.45, 7) is 6.19. The minimum absolute atomic E-state index is 0.575. The Balaban J connectivity index is 1.83. The molecule has 0 aliphatic carbocycles. The lowest BCUT2D eigenvalue weighted by Gasteiger charge is -2.28. The van der Waals surface area contributed by atoms with Gasteiger partial charge in [-0.2, -0.15) is 0 Å². The van der Waals surface area contributed by atoms with Gasteiger partial charge in [0.1, 0.15) is 0 Å². The summed E-state index contributed by atoms with van der Waals surface area (Å²) >= 11 is 0. The van der Waals surface area contributed by atoms with Crippen molar-refractivity contribution in [1.29, 1.82) is 0 Å². The summed E-state index contributed by atoms with van der Waals surface area (Å²) in [5, 5.41) is 0. The first-order chi connectivity index (χ1) is 10.6. The lowest BCUT2D eigenvalue weighted by Crippen LogP contribution is -2.35. The van der Waals surface area contributed by atoms with Crippen molar-refractivity contribution >= 4 is 5.95 Å². The Hall–Kier alpha value is -1.94. The van der Waals surface area contributed by atoms with Crippen LogP contribution in [0.3, 0.4) is 0 Å². The second kappa shape index (κ2) is 6.05. The maximum Gasteiger partial charge on any atom is 0.225 e. The fourth-order valence-electron chi connectivity index (χ4n) is 2.91. The van der Waals surface area contributed by atoms with Gasteiger partial charge in [0.15, 0.2) is 0 Å². The Morgan fingerprint density at radius 2 is 1.55 bits per heavy atom. The molecule has 0 spiro atoms. The second-order valence-corrected chi connectivity index (χ2v) is 6.39. The number of benzene rings is 1. The molecule has 1 atom stereocenters. The molecular formula is C18H24N4. The first-order valence-electron chi connectivity index (χ1n) is 8.01. The predicted octanol–water partition coefficient (Wildman–Crippen LogP) is 3.00. The van der Waals surface area contributed by atoms with Crippen LogP contribution in [-0.2, 0) is 5.54 Å². The third kappa shape index (κ3) is 2.97. The van der Waals surface area contributed by atoms with E-state index in [2.05, 4.69) is 46.1 Å². The zero-order valence-electron chi connectivity index (χ0n) is 13.4. The van der Waals surface area contributed by atoms with Crippen molar-refractivity contribution in [3.63, 3.8) is 0 Å². The lowest BCUT2D eigenvalue weighted by atomic mass is 9.87. The zero-order chi connectivity index (χ0) is 15.6. The van der Waals surface area contributed by atoms with Crippen LogP contribution in [0.25, 0.3) is 0 Å². The zero-order valence-corrected chi connectivity index (χ0v) is 13.4. The number of piperidine rings is 1. The topological polar surface area (TPSA) is 55.0 Å². The summed E-state index contributed by atoms with van der Waals surface area (Å²) in [6.07, 6.45) is 7.50. The molecule has 22 heavy (non-hydrogen) atoms. The number of anilines is 1. The lowest BCUT2D eigenvalue weighted by molar-refractivity contribution is 0.563. The van der Waals surface area contributed by atoms with E-state index in [9.17, 15) is 0 Å². The van der Waals surface area contributed by atoms with Crippen LogP contribution >= 0.6 is 0 Å². The number of hydrogen-bond acceptors (Lipinski definition) is 4. The van der Waals surface area contributed by atoms with Crippen LogP contribution in [0.15, 0.2) is 36.7 Å². The Morgan fingerprint density at radius 3 is 2.14 bits per heavy atom. The molecule has 1 aliphatic rings. The first kappa shape index (κ1) is 15.0. The van der Waals surface area contributed by atoms with E-state index >= 15 is 0 Å². The summed E-state index contributed by atoms with van der Waals surface area (Å²) in [5.74, 6) is 0.822. The number of aromatic nitrogens is 2. The minimum Gasteiger partial charge on any atom is -0.341 e. The summed E-state index contributed by atoms with van der Waals surface area (Å²) in [5.41, 5.74) is 9.22. The van der Waals surface area contributed by atoms with Gasteiger partial charge in [-0.15, -0.1) is 0 Å². The molecule has 1 saturated heterocycles. The Kier molecular flexibility index (Phi) is 4.12. The van der Waals surface area contributed by atoms with Gasteiger partial charge in [0.05, 0.1) is 5.54 Å². The molecular weight excluding hydrogens is 272 g/mol. The average molecular weight is 296 g/mol. The van der Waals surface area contributed by atoms with Gasteiger partial charge in [-0.25, -0.2) is 9.97 Å². The Bertz CT molecular complexity index is 611. The van der Waals surface area contributed by atoms with Crippen LogP contribution in [0.2, 0.25) is 0 Å². The summed E-state index contributed by atoms with van der Waals surface area (Å²) < 4.78 is 0. The van der Waals surface area contributed by atoms with Crippen LogP contribution in [0.1, 0.15) is 42.9 Å². The molecule has 0 unspecified atom stereocenters. The molecule has 0 radical (unpaired) electrons. The normalized spacial score (nSPS) is 18.0. The molecule has 1 aromatic carbocycles. The number of nitrogens with zero attached hydrogens (tertiary/aromatic N) is 3. The van der Waals surface area contributed by atoms with Crippen molar-refractivity contribution in [1.82, 2.24) is 9.97 Å². The largest absolute Gasteiger partial charge is 0.341 e. The number of aryl methyl sites for hydroxylation is 1. The number of nitrogens with two attached hydrogens (primary N) is 1. The van der Waals surface area contributed by atoms with Crippen LogP contribution in [0.5, 0.6) is 0 Å². The van der Waals surface area contributed by atoms with Gasteiger partial charge in [-0.1, -0.05) is 29.8 Å². The highest BCUT2D eigenvalue weighted by atomic mass is 15.2. The monoisotopic (exact) mass is 296 g/mol. The van der Waals surface area contributed by atoms with Gasteiger partial charge >= 0.3 is 0 Å². The fourth-order valence-corrected chi connectivity index (χ4v) is 2.91. The summed E-state index contributed by atoms with van der Waals surface area (Å²) in [6, 6.07) is 8.33. The molecule has 0 saturated carbocycles. The third-order valence-electron chi connectivity index (χ3n) is 4.53. The predicted molar refractivity (Wildman–Crippen MR) is 89.9 cm³/mol. The van der Waals surface area contributed by atoms with Crippen molar-refractivity contribution in [2.75, 3.05) is 18.0 Å². The van der Waals surface area contributed by atoms with Crippen molar-refractivity contribution in [3.8, 4) is 0 Å². The maximum absolute atomic E-state index is 6.54. The van der Waals surface area contributed by atoms with Gasteiger partial charge < -0.3 is 10.6 Å². The highest BCUT2D eigenvalue weighted by Crippen LogP contribution is 2.26. The summed E-state index contributed by atoms with van der Waals surface area (Å²) in [4.78, 5) is 11.3. The quantitative estimate of drug-likeness (QED) is 0.946. The molecule has 1 aromatic heterocycles. The van der Waals surface area contributed by atoms with E-state index in [4.69, 9.17) is 5.73 Å². The van der Waals surface area contributed by atoms with E-state index in [1.807, 2.05) is 19.3 Å². The van der Waals surface area contributed by atoms with E-state index < -0.39 is 5.54 Å². The Labute approximate surface area is 132 Å². The first-order valence-corrected chi connectivity index (χ1v) is 8.01. The van der Waals surface area contributed by atoms with Crippen molar-refractivity contribution < 1.29 is 0 Å².